The van der Waals surface area contributed by atoms with E-state index < -0.39 is 11.8 Å². The first-order valence-corrected chi connectivity index (χ1v) is 12.6. The van der Waals surface area contributed by atoms with Crippen molar-refractivity contribution in [1.82, 2.24) is 0 Å². The van der Waals surface area contributed by atoms with E-state index in [9.17, 15) is 9.59 Å². The topological polar surface area (TPSA) is 46.6 Å². The number of hydrogen-bond acceptors (Lipinski definition) is 3. The molecule has 0 aromatic heterocycles. The Morgan fingerprint density at radius 1 is 0.595 bits per heavy atom. The summed E-state index contributed by atoms with van der Waals surface area (Å²) in [5, 5.41) is 0. The van der Waals surface area contributed by atoms with Gasteiger partial charge >= 0.3 is 0 Å². The zero-order valence-electron chi connectivity index (χ0n) is 20.5. The van der Waals surface area contributed by atoms with E-state index in [-0.39, 0.29) is 23.7 Å². The van der Waals surface area contributed by atoms with Crippen LogP contribution in [0.5, 0.6) is 11.5 Å². The Morgan fingerprint density at radius 2 is 1.08 bits per heavy atom. The van der Waals surface area contributed by atoms with E-state index in [1.54, 1.807) is 12.1 Å². The lowest BCUT2D eigenvalue weighted by Gasteiger charge is -2.32. The van der Waals surface area contributed by atoms with Crippen LogP contribution in [-0.2, 0) is 9.59 Å². The van der Waals surface area contributed by atoms with Crippen molar-refractivity contribution >= 4 is 17.5 Å². The molecule has 4 aromatic rings. The normalized spacial score (nSPS) is 22.7. The van der Waals surface area contributed by atoms with E-state index in [0.717, 1.165) is 22.4 Å². The summed E-state index contributed by atoms with van der Waals surface area (Å²) < 4.78 is 6.03. The fourth-order valence-corrected chi connectivity index (χ4v) is 5.65. The number of aryl methyl sites for hydroxylation is 1. The second-order valence-electron chi connectivity index (χ2n) is 9.68. The zero-order chi connectivity index (χ0) is 25.4. The van der Waals surface area contributed by atoms with Crippen molar-refractivity contribution in [2.75, 3.05) is 4.90 Å². The Kier molecular flexibility index (Phi) is 5.93. The molecule has 0 saturated carbocycles. The van der Waals surface area contributed by atoms with E-state index in [1.165, 1.54) is 4.90 Å². The van der Waals surface area contributed by atoms with Crippen molar-refractivity contribution < 1.29 is 14.3 Å². The highest BCUT2D eigenvalue weighted by atomic mass is 16.5. The van der Waals surface area contributed by atoms with Crippen LogP contribution in [0.3, 0.4) is 0 Å². The van der Waals surface area contributed by atoms with Gasteiger partial charge in [0.2, 0.25) is 11.8 Å². The summed E-state index contributed by atoms with van der Waals surface area (Å²) in [5.41, 5.74) is 3.70. The molecule has 4 aromatic carbocycles. The lowest BCUT2D eigenvalue weighted by Crippen LogP contribution is -2.31. The van der Waals surface area contributed by atoms with E-state index in [0.29, 0.717) is 11.4 Å². The van der Waals surface area contributed by atoms with Gasteiger partial charge in [-0.05, 0) is 53.9 Å². The van der Waals surface area contributed by atoms with Gasteiger partial charge in [-0.25, -0.2) is 4.90 Å². The molecule has 2 aliphatic rings. The Bertz CT molecular complexity index is 1390. The summed E-state index contributed by atoms with van der Waals surface area (Å²) in [4.78, 5) is 29.3. The lowest BCUT2D eigenvalue weighted by atomic mass is 9.68. The molecule has 4 atom stereocenters. The number of ether oxygens (including phenoxy) is 1. The average Bonchev–Trinajstić information content (AvgIpc) is 3.21. The number of para-hydroxylation sites is 1. The van der Waals surface area contributed by atoms with Crippen molar-refractivity contribution in [3.05, 3.63) is 138 Å². The second kappa shape index (κ2) is 9.55. The van der Waals surface area contributed by atoms with Gasteiger partial charge in [-0.2, -0.15) is 0 Å². The van der Waals surface area contributed by atoms with Crippen LogP contribution in [0.2, 0.25) is 0 Å². The van der Waals surface area contributed by atoms with Gasteiger partial charge in [0.15, 0.2) is 0 Å². The Morgan fingerprint density at radius 3 is 1.59 bits per heavy atom. The predicted octanol–water partition coefficient (Wildman–Crippen LogP) is 7.03. The maximum Gasteiger partial charge on any atom is 0.238 e. The molecule has 0 bridgehead atoms. The number of imide groups is 1. The van der Waals surface area contributed by atoms with Crippen molar-refractivity contribution in [3.8, 4) is 11.5 Å². The number of anilines is 1. The van der Waals surface area contributed by atoms with Crippen LogP contribution < -0.4 is 9.64 Å². The van der Waals surface area contributed by atoms with E-state index in [2.05, 4.69) is 12.2 Å². The van der Waals surface area contributed by atoms with Crippen LogP contribution in [0, 0.1) is 18.8 Å². The molecule has 1 heterocycles. The number of rotatable bonds is 5. The van der Waals surface area contributed by atoms with Crippen molar-refractivity contribution in [2.45, 2.75) is 18.8 Å². The fraction of sp³-hybridized carbons (Fsp3) is 0.152. The number of amides is 2. The highest BCUT2D eigenvalue weighted by Gasteiger charge is 2.55. The van der Waals surface area contributed by atoms with Crippen LogP contribution in [0.15, 0.2) is 121 Å². The maximum atomic E-state index is 14.0. The third-order valence-corrected chi connectivity index (χ3v) is 7.48. The fourth-order valence-electron chi connectivity index (χ4n) is 5.65. The van der Waals surface area contributed by atoms with Crippen LogP contribution in [0.25, 0.3) is 0 Å². The van der Waals surface area contributed by atoms with Crippen molar-refractivity contribution in [2.24, 2.45) is 11.8 Å². The summed E-state index contributed by atoms with van der Waals surface area (Å²) in [6.07, 6.45) is 4.23. The third-order valence-electron chi connectivity index (χ3n) is 7.48. The summed E-state index contributed by atoms with van der Waals surface area (Å²) in [5.74, 6) is -0.116. The number of allylic oxidation sites excluding steroid dienone is 2. The zero-order valence-corrected chi connectivity index (χ0v) is 20.5. The van der Waals surface area contributed by atoms with Crippen LogP contribution in [0.1, 0.15) is 28.5 Å². The molecule has 1 fully saturated rings. The molecular weight excluding hydrogens is 458 g/mol. The Hall–Kier alpha value is -4.44. The van der Waals surface area contributed by atoms with Crippen LogP contribution >= 0.6 is 0 Å². The molecule has 0 spiro atoms. The monoisotopic (exact) mass is 485 g/mol. The number of carbonyl (C=O) groups is 2. The smallest absolute Gasteiger partial charge is 0.238 e. The first-order chi connectivity index (χ1) is 18.1. The summed E-state index contributed by atoms with van der Waals surface area (Å²) >= 11 is 0. The number of carbonyl (C=O) groups excluding carboxylic acids is 2. The Balaban J connectivity index is 1.35. The molecule has 4 heteroatoms. The molecule has 6 rings (SSSR count). The maximum absolute atomic E-state index is 14.0. The number of hydrogen-bond donors (Lipinski definition) is 0. The van der Waals surface area contributed by atoms with Gasteiger partial charge < -0.3 is 4.74 Å². The van der Waals surface area contributed by atoms with Crippen LogP contribution in [-0.4, -0.2) is 11.8 Å². The summed E-state index contributed by atoms with van der Waals surface area (Å²) in [7, 11) is 0. The lowest BCUT2D eigenvalue weighted by molar-refractivity contribution is -0.122. The minimum atomic E-state index is -0.465. The van der Waals surface area contributed by atoms with Gasteiger partial charge in [-0.1, -0.05) is 91.0 Å². The molecule has 1 aliphatic carbocycles. The van der Waals surface area contributed by atoms with Gasteiger partial charge in [-0.3, -0.25) is 9.59 Å². The number of benzene rings is 4. The Labute approximate surface area is 216 Å². The molecule has 4 nitrogen and oxygen atoms in total. The highest BCUT2D eigenvalue weighted by molar-refractivity contribution is 6.23. The molecule has 0 unspecified atom stereocenters. The highest BCUT2D eigenvalue weighted by Crippen LogP contribution is 2.50. The minimum absolute atomic E-state index is 0.151. The molecule has 1 aliphatic heterocycles. The molecule has 0 N–H and O–H groups in total. The first-order valence-electron chi connectivity index (χ1n) is 12.6. The average molecular weight is 486 g/mol. The standard InChI is InChI=1S/C33H27NO3/c1-22-10-8-9-15-29(22)37-26-18-16-25(17-19-26)34-32(35)30-27(23-11-4-2-5-12-23)20-21-28(31(30)33(34)36)24-13-6-3-7-14-24/h2-21,27-28,30-31H,1H3/t27-,28-,30+,31+/m0/s1. The SMILES string of the molecule is Cc1ccccc1Oc1ccc(N2C(=O)[C@H]3[C@H](C2=O)[C@H](c2ccccc2)C=C[C@H]3c2ccccc2)cc1. The van der Waals surface area contributed by atoms with E-state index in [1.807, 2.05) is 104 Å². The molecule has 2 amide bonds. The predicted molar refractivity (Wildman–Crippen MR) is 145 cm³/mol. The molecule has 0 radical (unpaired) electrons. The number of nitrogens with zero attached hydrogens (tertiary/aromatic N) is 1. The van der Waals surface area contributed by atoms with E-state index >= 15 is 0 Å². The van der Waals surface area contributed by atoms with Gasteiger partial charge in [0.05, 0.1) is 17.5 Å². The molecule has 1 saturated heterocycles. The van der Waals surface area contributed by atoms with E-state index in [4.69, 9.17) is 4.74 Å². The first kappa shape index (κ1) is 23.0. The van der Waals surface area contributed by atoms with Gasteiger partial charge in [0, 0.05) is 11.8 Å². The van der Waals surface area contributed by atoms with Crippen molar-refractivity contribution in [3.63, 3.8) is 0 Å². The van der Waals surface area contributed by atoms with Crippen LogP contribution in [0.4, 0.5) is 5.69 Å². The summed E-state index contributed by atoms with van der Waals surface area (Å²) in [6.45, 7) is 1.99. The van der Waals surface area contributed by atoms with Gasteiger partial charge in [0.1, 0.15) is 11.5 Å². The quantitative estimate of drug-likeness (QED) is 0.225. The summed E-state index contributed by atoms with van der Waals surface area (Å²) in [6, 6.07) is 35.0. The molecule has 182 valence electrons. The minimum Gasteiger partial charge on any atom is -0.457 e. The molecule has 37 heavy (non-hydrogen) atoms. The number of fused-ring (bicyclic) bond motifs is 1. The molecular formula is C33H27NO3. The second-order valence-corrected chi connectivity index (χ2v) is 9.68. The third kappa shape index (κ3) is 4.15. The van der Waals surface area contributed by atoms with Gasteiger partial charge in [0.25, 0.3) is 0 Å². The van der Waals surface area contributed by atoms with Crippen molar-refractivity contribution in [1.29, 1.82) is 0 Å². The largest absolute Gasteiger partial charge is 0.457 e. The van der Waals surface area contributed by atoms with Gasteiger partial charge in [-0.15, -0.1) is 0 Å².